The number of hydrogen-bond donors (Lipinski definition) is 2. The van der Waals surface area contributed by atoms with E-state index in [-0.39, 0.29) is 41.1 Å². The molecular weight excluding hydrogens is 799 g/mol. The zero-order valence-corrected chi connectivity index (χ0v) is 30.9. The third-order valence-corrected chi connectivity index (χ3v) is 13.6. The van der Waals surface area contributed by atoms with Gasteiger partial charge in [0.15, 0.2) is 6.61 Å². The Morgan fingerprint density at radius 3 is 2.43 bits per heavy atom. The van der Waals surface area contributed by atoms with Crippen LogP contribution >= 0.6 is 39.0 Å². The summed E-state index contributed by atoms with van der Waals surface area (Å²) < 4.78 is 54.0. The minimum atomic E-state index is -4.77. The molecule has 274 valence electrons. The molecule has 2 saturated carbocycles. The van der Waals surface area contributed by atoms with Gasteiger partial charge in [0.1, 0.15) is 5.75 Å². The van der Waals surface area contributed by atoms with Gasteiger partial charge in [0.2, 0.25) is 11.8 Å². The van der Waals surface area contributed by atoms with Gasteiger partial charge >= 0.3 is 17.0 Å². The van der Waals surface area contributed by atoms with Crippen LogP contribution in [0, 0.1) is 29.6 Å². The van der Waals surface area contributed by atoms with E-state index in [1.54, 1.807) is 31.2 Å². The van der Waals surface area contributed by atoms with Crippen molar-refractivity contribution in [3.63, 3.8) is 0 Å². The first-order chi connectivity index (χ1) is 25.3. The number of thioether (sulfide) groups is 1. The molecule has 4 aliphatic rings. The summed E-state index contributed by atoms with van der Waals surface area (Å²) in [5.74, 6) is -4.91. The molecule has 8 rings (SSSR count). The summed E-state index contributed by atoms with van der Waals surface area (Å²) in [6, 6.07) is 16.2. The zero-order chi connectivity index (χ0) is 37.3. The molecule has 2 aliphatic heterocycles. The van der Waals surface area contributed by atoms with Gasteiger partial charge in [-0.1, -0.05) is 39.4 Å². The standard InChI is InChI=1S/C37H29BrF3N3O7S2/c1-2-50-35(48)16-7-10-18(11-8-16)42-25(45)15-51-24-12-9-17(38)13-19(24)26-27-20-14-21(30(27)52-32-31(26)53-36(49)43-32)29-28(20)33(46)44(34(29)47)23-6-4-3-5-22(23)37(39,40)41/h3-13,20-21,26-30H,2,14-15H2,1H3,(H,42,45)(H,43,49)/t20-,21-,26-,27?,28?,29?,30?/m1/s1. The Hall–Kier alpha value is -4.41. The normalized spacial score (nSPS) is 25.5. The number of carbonyl (C=O) groups excluding carboxylic acids is 4. The molecule has 0 radical (unpaired) electrons. The lowest BCUT2D eigenvalue weighted by atomic mass is 9.68. The maximum atomic E-state index is 14.1. The molecule has 3 aromatic carbocycles. The molecule has 10 nitrogen and oxygen atoms in total. The smallest absolute Gasteiger partial charge is 0.418 e. The Bertz CT molecular complexity index is 2230. The lowest BCUT2D eigenvalue weighted by Gasteiger charge is -2.43. The van der Waals surface area contributed by atoms with Crippen LogP contribution in [0.3, 0.4) is 0 Å². The van der Waals surface area contributed by atoms with Crippen molar-refractivity contribution in [3.05, 3.63) is 102 Å². The molecular formula is C37H29BrF3N3O7S2. The van der Waals surface area contributed by atoms with Crippen LogP contribution in [0.2, 0.25) is 0 Å². The van der Waals surface area contributed by atoms with Crippen LogP contribution in [0.25, 0.3) is 0 Å². The van der Waals surface area contributed by atoms with Gasteiger partial charge in [0.05, 0.1) is 40.3 Å². The maximum absolute atomic E-state index is 14.1. The number of H-pyrrole nitrogens is 1. The van der Waals surface area contributed by atoms with E-state index in [4.69, 9.17) is 9.47 Å². The quantitative estimate of drug-likeness (QED) is 0.142. The summed E-state index contributed by atoms with van der Waals surface area (Å²) in [5.41, 5.74) is -0.0680. The average molecular weight is 829 g/mol. The van der Waals surface area contributed by atoms with E-state index in [0.717, 1.165) is 33.2 Å². The third-order valence-electron chi connectivity index (χ3n) is 10.5. The first-order valence-electron chi connectivity index (χ1n) is 16.8. The number of halogens is 4. The van der Waals surface area contributed by atoms with Crippen molar-refractivity contribution in [1.82, 2.24) is 4.98 Å². The van der Waals surface area contributed by atoms with Gasteiger partial charge in [0.25, 0.3) is 5.91 Å². The van der Waals surface area contributed by atoms with Gasteiger partial charge in [-0.05, 0) is 85.7 Å². The predicted molar refractivity (Wildman–Crippen MR) is 193 cm³/mol. The number of nitrogens with zero attached hydrogens (tertiary/aromatic N) is 1. The van der Waals surface area contributed by atoms with E-state index in [9.17, 15) is 37.1 Å². The highest BCUT2D eigenvalue weighted by molar-refractivity contribution is 9.10. The number of nitrogens with one attached hydrogen (secondary N) is 2. The first kappa shape index (κ1) is 35.6. The lowest BCUT2D eigenvalue weighted by Crippen LogP contribution is -2.42. The number of esters is 1. The van der Waals surface area contributed by atoms with Crippen LogP contribution in [0.15, 0.2) is 81.0 Å². The fraction of sp³-hybridized carbons (Fsp3) is 0.324. The van der Waals surface area contributed by atoms with E-state index in [1.165, 1.54) is 36.0 Å². The number of imide groups is 1. The molecule has 4 unspecified atom stereocenters. The highest BCUT2D eigenvalue weighted by atomic mass is 79.9. The number of ether oxygens (including phenoxy) is 2. The highest BCUT2D eigenvalue weighted by Crippen LogP contribution is 2.69. The minimum absolute atomic E-state index is 0.230. The number of amides is 3. The number of thiazole rings is 1. The number of anilines is 2. The molecule has 2 aliphatic carbocycles. The molecule has 4 aromatic rings. The number of aromatic nitrogens is 1. The number of rotatable bonds is 8. The van der Waals surface area contributed by atoms with Crippen LogP contribution in [-0.2, 0) is 25.3 Å². The van der Waals surface area contributed by atoms with Crippen molar-refractivity contribution >= 4 is 74.1 Å². The molecule has 3 fully saturated rings. The molecule has 16 heteroatoms. The molecule has 53 heavy (non-hydrogen) atoms. The largest absolute Gasteiger partial charge is 0.483 e. The van der Waals surface area contributed by atoms with E-state index in [0.29, 0.717) is 38.5 Å². The van der Waals surface area contributed by atoms with E-state index in [1.807, 2.05) is 6.07 Å². The van der Waals surface area contributed by atoms with Gasteiger partial charge in [-0.3, -0.25) is 19.2 Å². The van der Waals surface area contributed by atoms with Crippen molar-refractivity contribution in [2.45, 2.75) is 35.7 Å². The number of hydrogen-bond acceptors (Lipinski definition) is 9. The second kappa shape index (κ2) is 13.5. The lowest BCUT2D eigenvalue weighted by molar-refractivity contribution is -0.137. The van der Waals surface area contributed by atoms with Gasteiger partial charge in [-0.25, -0.2) is 9.69 Å². The summed E-state index contributed by atoms with van der Waals surface area (Å²) in [5, 5.41) is 3.16. The number of aromatic amines is 1. The second-order valence-corrected chi connectivity index (χ2v) is 16.4. The van der Waals surface area contributed by atoms with Crippen LogP contribution in [0.4, 0.5) is 24.5 Å². The highest BCUT2D eigenvalue weighted by Gasteiger charge is 2.70. The molecule has 2 bridgehead atoms. The summed E-state index contributed by atoms with van der Waals surface area (Å²) in [6.07, 6.45) is -4.24. The number of benzene rings is 3. The van der Waals surface area contributed by atoms with Crippen molar-refractivity contribution in [2.24, 2.45) is 29.6 Å². The number of para-hydroxylation sites is 1. The average Bonchev–Trinajstić information content (AvgIpc) is 3.86. The van der Waals surface area contributed by atoms with E-state index < -0.39 is 58.9 Å². The Morgan fingerprint density at radius 1 is 1.00 bits per heavy atom. The molecule has 0 spiro atoms. The predicted octanol–water partition coefficient (Wildman–Crippen LogP) is 7.09. The molecule has 1 aromatic heterocycles. The fourth-order valence-corrected chi connectivity index (χ4v) is 11.9. The number of carbonyl (C=O) groups is 4. The van der Waals surface area contributed by atoms with Crippen molar-refractivity contribution in [1.29, 1.82) is 0 Å². The molecule has 2 N–H and O–H groups in total. The summed E-state index contributed by atoms with van der Waals surface area (Å²) >= 11 is 6.05. The van der Waals surface area contributed by atoms with Crippen molar-refractivity contribution in [3.8, 4) is 5.75 Å². The Balaban J connectivity index is 1.10. The zero-order valence-electron chi connectivity index (χ0n) is 27.6. The van der Waals surface area contributed by atoms with Crippen LogP contribution in [0.1, 0.15) is 45.6 Å². The van der Waals surface area contributed by atoms with Crippen LogP contribution in [-0.4, -0.2) is 47.1 Å². The monoisotopic (exact) mass is 827 g/mol. The molecule has 3 amide bonds. The van der Waals surface area contributed by atoms with Gasteiger partial charge in [-0.2, -0.15) is 13.2 Å². The SMILES string of the molecule is CCOC(=O)c1ccc(NC(=O)COc2ccc(Br)cc2[C@H]2c3sc(=O)[nH]c3SC3C2[C@H]2C[C@@H]3C3C(=O)N(c4ccccc4C(F)(F)F)C(=O)C32)cc1. The van der Waals surface area contributed by atoms with Gasteiger partial charge in [0, 0.05) is 31.8 Å². The fourth-order valence-electron chi connectivity index (χ4n) is 8.65. The summed E-state index contributed by atoms with van der Waals surface area (Å²) in [7, 11) is 0. The summed E-state index contributed by atoms with van der Waals surface area (Å²) in [4.78, 5) is 70.1. The Labute approximate surface area is 316 Å². The van der Waals surface area contributed by atoms with Crippen LogP contribution in [0.5, 0.6) is 5.75 Å². The maximum Gasteiger partial charge on any atom is 0.418 e. The minimum Gasteiger partial charge on any atom is -0.483 e. The topological polar surface area (TPSA) is 135 Å². The van der Waals surface area contributed by atoms with E-state index in [2.05, 4.69) is 26.2 Å². The third kappa shape index (κ3) is 6.08. The van der Waals surface area contributed by atoms with E-state index >= 15 is 0 Å². The molecule has 1 saturated heterocycles. The first-order valence-corrected chi connectivity index (χ1v) is 19.3. The second-order valence-electron chi connectivity index (χ2n) is 13.3. The molecule has 3 heterocycles. The number of alkyl halides is 3. The van der Waals surface area contributed by atoms with Crippen molar-refractivity contribution < 1.29 is 41.8 Å². The Kier molecular flexibility index (Phi) is 9.05. The van der Waals surface area contributed by atoms with Gasteiger partial charge < -0.3 is 19.8 Å². The van der Waals surface area contributed by atoms with Gasteiger partial charge in [-0.15, -0.1) is 11.8 Å². The molecule has 7 atom stereocenters. The Morgan fingerprint density at radius 2 is 1.72 bits per heavy atom. The number of fused-ring (bicyclic) bond motifs is 9. The van der Waals surface area contributed by atoms with Crippen molar-refractivity contribution in [2.75, 3.05) is 23.4 Å². The van der Waals surface area contributed by atoms with Crippen LogP contribution < -0.4 is 19.8 Å². The summed E-state index contributed by atoms with van der Waals surface area (Å²) in [6.45, 7) is 1.56.